The Bertz CT molecular complexity index is 608. The Labute approximate surface area is 115 Å². The van der Waals surface area contributed by atoms with E-state index in [2.05, 4.69) is 4.99 Å². The van der Waals surface area contributed by atoms with Gasteiger partial charge >= 0.3 is 0 Å². The molecule has 0 aliphatic heterocycles. The van der Waals surface area contributed by atoms with Gasteiger partial charge in [0.15, 0.2) is 9.84 Å². The van der Waals surface area contributed by atoms with Crippen LogP contribution in [0.3, 0.4) is 0 Å². The summed E-state index contributed by atoms with van der Waals surface area (Å²) in [7, 11) is -0.942. The molecule has 0 amide bonds. The van der Waals surface area contributed by atoms with Crippen LogP contribution in [0.2, 0.25) is 0 Å². The number of nitrogens with zero attached hydrogens (tertiary/aromatic N) is 1. The second-order valence-electron chi connectivity index (χ2n) is 3.39. The van der Waals surface area contributed by atoms with Gasteiger partial charge in [0.05, 0.1) is 20.0 Å². The average molecular weight is 306 g/mol. The number of alkyl halides is 1. The van der Waals surface area contributed by atoms with Gasteiger partial charge in [-0.2, -0.15) is 4.99 Å². The summed E-state index contributed by atoms with van der Waals surface area (Å²) in [5, 5.41) is 0. The van der Waals surface area contributed by atoms with Gasteiger partial charge in [0.1, 0.15) is 22.1 Å². The number of rotatable bonds is 6. The average Bonchev–Trinajstić information content (AvgIpc) is 2.38. The predicted octanol–water partition coefficient (Wildman–Crippen LogP) is 1.68. The van der Waals surface area contributed by atoms with Gasteiger partial charge in [-0.05, 0) is 0 Å². The zero-order valence-corrected chi connectivity index (χ0v) is 11.9. The summed E-state index contributed by atoms with van der Waals surface area (Å²) in [5.41, 5.74) is 0.138. The predicted molar refractivity (Wildman–Crippen MR) is 70.1 cm³/mol. The van der Waals surface area contributed by atoms with Crippen molar-refractivity contribution in [3.63, 3.8) is 0 Å². The number of hydrogen-bond acceptors (Lipinski definition) is 6. The van der Waals surface area contributed by atoms with Crippen molar-refractivity contribution in [1.29, 1.82) is 0 Å². The van der Waals surface area contributed by atoms with Crippen LogP contribution in [0.15, 0.2) is 22.0 Å². The van der Waals surface area contributed by atoms with Crippen molar-refractivity contribution in [2.24, 2.45) is 4.99 Å². The number of aliphatic imine (C=N–C) groups is 1. The summed E-state index contributed by atoms with van der Waals surface area (Å²) in [6.07, 6.45) is 1.36. The highest BCUT2D eigenvalue weighted by Crippen LogP contribution is 2.37. The van der Waals surface area contributed by atoms with Crippen LogP contribution in [0.25, 0.3) is 0 Å². The largest absolute Gasteiger partial charge is 0.495 e. The summed E-state index contributed by atoms with van der Waals surface area (Å²) >= 11 is 5.47. The van der Waals surface area contributed by atoms with Crippen LogP contribution >= 0.6 is 11.6 Å². The van der Waals surface area contributed by atoms with Crippen molar-refractivity contribution in [1.82, 2.24) is 0 Å². The first-order valence-electron chi connectivity index (χ1n) is 5.12. The van der Waals surface area contributed by atoms with E-state index in [0.717, 1.165) is 0 Å². The summed E-state index contributed by atoms with van der Waals surface area (Å²) in [4.78, 5) is 13.7. The first kappa shape index (κ1) is 15.5. The normalized spacial score (nSPS) is 10.7. The fourth-order valence-electron chi connectivity index (χ4n) is 1.44. The van der Waals surface area contributed by atoms with Gasteiger partial charge in [0.2, 0.25) is 6.08 Å². The lowest BCUT2D eigenvalue weighted by Crippen LogP contribution is -2.09. The van der Waals surface area contributed by atoms with E-state index in [1.165, 1.54) is 32.4 Å². The number of hydrogen-bond donors (Lipinski definition) is 0. The van der Waals surface area contributed by atoms with Crippen molar-refractivity contribution < 1.29 is 22.7 Å². The van der Waals surface area contributed by atoms with E-state index in [9.17, 15) is 13.2 Å². The van der Waals surface area contributed by atoms with Gasteiger partial charge in [0.25, 0.3) is 0 Å². The molecule has 0 bridgehead atoms. The molecule has 0 aliphatic rings. The van der Waals surface area contributed by atoms with E-state index in [0.29, 0.717) is 0 Å². The molecule has 1 rings (SSSR count). The molecule has 0 fully saturated rings. The standard InChI is InChI=1S/C11H12ClNO5S/c1-17-9-6-11(19(15,16)4-3-12)10(18-2)5-8(9)13-7-14/h5-6H,3-4H2,1-2H3. The van der Waals surface area contributed by atoms with E-state index < -0.39 is 9.84 Å². The molecule has 0 N–H and O–H groups in total. The van der Waals surface area contributed by atoms with Gasteiger partial charge < -0.3 is 9.47 Å². The first-order valence-corrected chi connectivity index (χ1v) is 7.31. The second-order valence-corrected chi connectivity index (χ2v) is 5.84. The SMILES string of the molecule is COc1cc(S(=O)(=O)CCCl)c(OC)cc1N=C=O. The number of isocyanates is 1. The minimum absolute atomic E-state index is 0.0396. The highest BCUT2D eigenvalue weighted by atomic mass is 35.5. The fraction of sp³-hybridized carbons (Fsp3) is 0.364. The van der Waals surface area contributed by atoms with Crippen LogP contribution in [0.4, 0.5) is 5.69 Å². The van der Waals surface area contributed by atoms with Crippen LogP contribution in [0.1, 0.15) is 0 Å². The second kappa shape index (κ2) is 6.56. The zero-order chi connectivity index (χ0) is 14.5. The van der Waals surface area contributed by atoms with Gasteiger partial charge in [-0.15, -0.1) is 11.6 Å². The number of carbonyl (C=O) groups excluding carboxylic acids is 1. The minimum atomic E-state index is -3.59. The third-order valence-corrected chi connectivity index (χ3v) is 4.46. The Morgan fingerprint density at radius 1 is 1.26 bits per heavy atom. The molecule has 0 aliphatic carbocycles. The van der Waals surface area contributed by atoms with E-state index in [1.807, 2.05) is 0 Å². The van der Waals surface area contributed by atoms with Crippen LogP contribution in [-0.2, 0) is 14.6 Å². The zero-order valence-electron chi connectivity index (χ0n) is 10.3. The highest BCUT2D eigenvalue weighted by Gasteiger charge is 2.22. The van der Waals surface area contributed by atoms with Gasteiger partial charge in [-0.3, -0.25) is 0 Å². The van der Waals surface area contributed by atoms with Crippen molar-refractivity contribution >= 4 is 33.2 Å². The van der Waals surface area contributed by atoms with Gasteiger partial charge in [-0.25, -0.2) is 13.2 Å². The van der Waals surface area contributed by atoms with Crippen molar-refractivity contribution in [2.75, 3.05) is 25.9 Å². The Hall–Kier alpha value is -1.56. The molecule has 0 aromatic heterocycles. The lowest BCUT2D eigenvalue weighted by Gasteiger charge is -2.12. The summed E-state index contributed by atoms with van der Waals surface area (Å²) in [6, 6.07) is 2.54. The fourth-order valence-corrected chi connectivity index (χ4v) is 3.21. The Balaban J connectivity index is 3.53. The molecule has 1 aromatic rings. The maximum Gasteiger partial charge on any atom is 0.240 e. The Kier molecular flexibility index (Phi) is 5.35. The number of ether oxygens (including phenoxy) is 2. The minimum Gasteiger partial charge on any atom is -0.495 e. The topological polar surface area (TPSA) is 82.0 Å². The molecular weight excluding hydrogens is 294 g/mol. The summed E-state index contributed by atoms with van der Waals surface area (Å²) in [5.74, 6) is -0.0657. The van der Waals surface area contributed by atoms with E-state index in [-0.39, 0.29) is 33.7 Å². The van der Waals surface area contributed by atoms with Crippen LogP contribution in [-0.4, -0.2) is 40.4 Å². The molecule has 0 unspecified atom stereocenters. The molecule has 0 heterocycles. The molecular formula is C11H12ClNO5S. The molecule has 104 valence electrons. The van der Waals surface area contributed by atoms with Crippen molar-refractivity contribution in [2.45, 2.75) is 4.90 Å². The molecule has 0 radical (unpaired) electrons. The quantitative estimate of drug-likeness (QED) is 0.454. The molecule has 8 heteroatoms. The molecule has 0 spiro atoms. The lowest BCUT2D eigenvalue weighted by molar-refractivity contribution is 0.393. The number of sulfone groups is 1. The number of halogens is 1. The third kappa shape index (κ3) is 3.47. The smallest absolute Gasteiger partial charge is 0.240 e. The van der Waals surface area contributed by atoms with E-state index in [1.54, 1.807) is 0 Å². The van der Waals surface area contributed by atoms with Gasteiger partial charge in [-0.1, -0.05) is 0 Å². The van der Waals surface area contributed by atoms with Crippen LogP contribution in [0, 0.1) is 0 Å². The number of methoxy groups -OCH3 is 2. The summed E-state index contributed by atoms with van der Waals surface area (Å²) < 4.78 is 34.0. The van der Waals surface area contributed by atoms with Crippen molar-refractivity contribution in [3.8, 4) is 11.5 Å². The molecule has 0 saturated carbocycles. The van der Waals surface area contributed by atoms with Crippen LogP contribution < -0.4 is 9.47 Å². The summed E-state index contributed by atoms with van der Waals surface area (Å²) in [6.45, 7) is 0. The van der Waals surface area contributed by atoms with E-state index in [4.69, 9.17) is 21.1 Å². The highest BCUT2D eigenvalue weighted by molar-refractivity contribution is 7.91. The Morgan fingerprint density at radius 3 is 2.37 bits per heavy atom. The molecule has 19 heavy (non-hydrogen) atoms. The molecule has 6 nitrogen and oxygen atoms in total. The molecule has 0 saturated heterocycles. The molecule has 1 aromatic carbocycles. The van der Waals surface area contributed by atoms with Gasteiger partial charge in [0, 0.05) is 18.0 Å². The van der Waals surface area contributed by atoms with Crippen molar-refractivity contribution in [3.05, 3.63) is 12.1 Å². The maximum absolute atomic E-state index is 12.0. The monoisotopic (exact) mass is 305 g/mol. The first-order chi connectivity index (χ1) is 9.00. The third-order valence-electron chi connectivity index (χ3n) is 2.31. The van der Waals surface area contributed by atoms with Crippen LogP contribution in [0.5, 0.6) is 11.5 Å². The van der Waals surface area contributed by atoms with E-state index >= 15 is 0 Å². The lowest BCUT2D eigenvalue weighted by atomic mass is 10.3. The maximum atomic E-state index is 12.0. The molecule has 0 atom stereocenters. The Morgan fingerprint density at radius 2 is 1.89 bits per heavy atom. The number of benzene rings is 1.